The largest absolute Gasteiger partial charge is 0.309 e. The number of nitrogens with zero attached hydrogens (tertiary/aromatic N) is 3. The first-order chi connectivity index (χ1) is 32.2. The third-order valence-corrected chi connectivity index (χ3v) is 13.3. The summed E-state index contributed by atoms with van der Waals surface area (Å²) in [5.74, 6) is 0. The zero-order chi connectivity index (χ0) is 43.3. The summed E-state index contributed by atoms with van der Waals surface area (Å²) in [7, 11) is 0. The van der Waals surface area contributed by atoms with Gasteiger partial charge in [-0.25, -0.2) is 0 Å². The maximum Gasteiger partial charge on any atom is 0.0992 e. The van der Waals surface area contributed by atoms with Gasteiger partial charge in [-0.2, -0.15) is 5.26 Å². The van der Waals surface area contributed by atoms with Gasteiger partial charge in [-0.3, -0.25) is 0 Å². The van der Waals surface area contributed by atoms with Crippen LogP contribution >= 0.6 is 0 Å². The van der Waals surface area contributed by atoms with Gasteiger partial charge in [0.1, 0.15) is 0 Å². The zero-order valence-corrected chi connectivity index (χ0v) is 35.5. The number of para-hydroxylation sites is 2. The minimum atomic E-state index is -0.597. The predicted molar refractivity (Wildman–Crippen MR) is 269 cm³/mol. The van der Waals surface area contributed by atoms with Crippen molar-refractivity contribution in [3.63, 3.8) is 0 Å². The van der Waals surface area contributed by atoms with Crippen LogP contribution in [0.1, 0.15) is 27.8 Å². The lowest BCUT2D eigenvalue weighted by Crippen LogP contribution is -2.30. The number of aromatic nitrogens is 2. The summed E-state index contributed by atoms with van der Waals surface area (Å²) < 4.78 is 4.67. The second-order valence-corrected chi connectivity index (χ2v) is 16.8. The highest BCUT2D eigenvalue weighted by atomic mass is 15.0. The van der Waals surface area contributed by atoms with Gasteiger partial charge in [0.15, 0.2) is 0 Å². The highest BCUT2D eigenvalue weighted by Gasteiger charge is 2.38. The number of hydrogen-bond donors (Lipinski definition) is 0. The average Bonchev–Trinajstić information content (AvgIpc) is 3.90. The lowest BCUT2D eigenvalue weighted by Gasteiger charge is -2.37. The standard InChI is InChI=1S/C62H41N3/c63-42-43-16-15-25-53(38-43)65-60-36-33-47(45-30-28-44(29-31-45)46-32-35-59-55(39-46)54-26-13-14-27-58(54)64(59)52-23-11-4-12-24-52)40-56(60)57-41-51(34-37-61(57)65)62(48-17-5-1-6-18-48,49-19-7-2-8-20-49)50-21-9-3-10-22-50/h1-41H. The SMILES string of the molecule is N#Cc1cccc(-n2c3ccc(-c4ccc(-c5ccc6c(c5)c5ccccc5n6-c5ccccc5)cc4)cc3c3cc(C(c4ccccc4)(c4ccccc4)c4ccccc4)ccc32)c1. The predicted octanol–water partition coefficient (Wildman–Crippen LogP) is 15.5. The molecule has 0 aliphatic carbocycles. The molecule has 0 unspecified atom stereocenters. The van der Waals surface area contributed by atoms with Gasteiger partial charge in [0.2, 0.25) is 0 Å². The van der Waals surface area contributed by atoms with E-state index >= 15 is 0 Å². The highest BCUT2D eigenvalue weighted by molar-refractivity contribution is 6.12. The molecule has 10 aromatic carbocycles. The lowest BCUT2D eigenvalue weighted by atomic mass is 9.65. The molecule has 2 aromatic heterocycles. The van der Waals surface area contributed by atoms with Gasteiger partial charge >= 0.3 is 0 Å². The van der Waals surface area contributed by atoms with Crippen LogP contribution in [0.25, 0.3) is 77.2 Å². The van der Waals surface area contributed by atoms with Gasteiger partial charge in [-0.1, -0.05) is 176 Å². The molecule has 12 aromatic rings. The van der Waals surface area contributed by atoms with Gasteiger partial charge in [-0.15, -0.1) is 0 Å². The fourth-order valence-electron chi connectivity index (χ4n) is 10.4. The zero-order valence-electron chi connectivity index (χ0n) is 35.5. The van der Waals surface area contributed by atoms with Crippen molar-refractivity contribution in [2.45, 2.75) is 5.41 Å². The summed E-state index contributed by atoms with van der Waals surface area (Å²) in [5.41, 5.74) is 16.1. The Hall–Kier alpha value is -8.71. The molecule has 0 aliphatic rings. The Bertz CT molecular complexity index is 3650. The summed E-state index contributed by atoms with van der Waals surface area (Å²) >= 11 is 0. The Morgan fingerprint density at radius 1 is 0.292 bits per heavy atom. The van der Waals surface area contributed by atoms with E-state index in [0.717, 1.165) is 44.3 Å². The number of nitriles is 1. The Balaban J connectivity index is 1.02. The molecule has 304 valence electrons. The summed E-state index contributed by atoms with van der Waals surface area (Å²) in [6.07, 6.45) is 0. The molecular formula is C62H41N3. The Labute approximate surface area is 378 Å². The van der Waals surface area contributed by atoms with Gasteiger partial charge < -0.3 is 9.13 Å². The molecule has 2 heterocycles. The average molecular weight is 828 g/mol. The molecular weight excluding hydrogens is 787 g/mol. The van der Waals surface area contributed by atoms with E-state index in [4.69, 9.17) is 0 Å². The van der Waals surface area contributed by atoms with Crippen LogP contribution in [-0.2, 0) is 5.41 Å². The van der Waals surface area contributed by atoms with E-state index in [1.807, 2.05) is 18.2 Å². The van der Waals surface area contributed by atoms with Crippen LogP contribution < -0.4 is 0 Å². The molecule has 0 saturated heterocycles. The quantitative estimate of drug-likeness (QED) is 0.141. The van der Waals surface area contributed by atoms with Crippen molar-refractivity contribution in [2.24, 2.45) is 0 Å². The molecule has 3 nitrogen and oxygen atoms in total. The minimum Gasteiger partial charge on any atom is -0.309 e. The van der Waals surface area contributed by atoms with Crippen LogP contribution in [0, 0.1) is 11.3 Å². The molecule has 0 spiro atoms. The molecule has 0 amide bonds. The summed E-state index contributed by atoms with van der Waals surface area (Å²) in [6.45, 7) is 0. The van der Waals surface area contributed by atoms with E-state index in [1.54, 1.807) is 0 Å². The van der Waals surface area contributed by atoms with Crippen molar-refractivity contribution in [1.82, 2.24) is 9.13 Å². The number of fused-ring (bicyclic) bond motifs is 6. The second kappa shape index (κ2) is 15.6. The maximum atomic E-state index is 9.96. The Morgan fingerprint density at radius 2 is 0.708 bits per heavy atom. The van der Waals surface area contributed by atoms with Crippen LogP contribution in [0.3, 0.4) is 0 Å². The Morgan fingerprint density at radius 3 is 1.26 bits per heavy atom. The van der Waals surface area contributed by atoms with Crippen LogP contribution in [0.2, 0.25) is 0 Å². The van der Waals surface area contributed by atoms with Crippen molar-refractivity contribution in [3.05, 3.63) is 277 Å². The van der Waals surface area contributed by atoms with Crippen LogP contribution in [0.5, 0.6) is 0 Å². The lowest BCUT2D eigenvalue weighted by molar-refractivity contribution is 0.746. The third kappa shape index (κ3) is 6.19. The highest BCUT2D eigenvalue weighted by Crippen LogP contribution is 2.47. The first-order valence-corrected chi connectivity index (χ1v) is 22.1. The molecule has 0 N–H and O–H groups in total. The van der Waals surface area contributed by atoms with Crippen LogP contribution in [0.15, 0.2) is 249 Å². The first-order valence-electron chi connectivity index (χ1n) is 22.1. The summed E-state index contributed by atoms with van der Waals surface area (Å²) in [4.78, 5) is 0. The van der Waals surface area contributed by atoms with Gasteiger partial charge in [0, 0.05) is 32.9 Å². The van der Waals surface area contributed by atoms with E-state index in [1.165, 1.54) is 55.2 Å². The molecule has 0 atom stereocenters. The van der Waals surface area contributed by atoms with E-state index in [9.17, 15) is 5.26 Å². The molecule has 0 fully saturated rings. The topological polar surface area (TPSA) is 33.6 Å². The van der Waals surface area contributed by atoms with E-state index in [0.29, 0.717) is 5.56 Å². The van der Waals surface area contributed by atoms with E-state index in [-0.39, 0.29) is 0 Å². The fraction of sp³-hybridized carbons (Fsp3) is 0.0161. The molecule has 65 heavy (non-hydrogen) atoms. The van der Waals surface area contributed by atoms with Gasteiger partial charge in [0.25, 0.3) is 0 Å². The molecule has 12 rings (SSSR count). The van der Waals surface area contributed by atoms with Crippen molar-refractivity contribution >= 4 is 43.6 Å². The van der Waals surface area contributed by atoms with Gasteiger partial charge in [0.05, 0.1) is 39.1 Å². The Kier molecular flexibility index (Phi) is 9.11. The van der Waals surface area contributed by atoms with E-state index in [2.05, 4.69) is 246 Å². The molecule has 3 heteroatoms. The second-order valence-electron chi connectivity index (χ2n) is 16.8. The van der Waals surface area contributed by atoms with Crippen molar-refractivity contribution in [2.75, 3.05) is 0 Å². The monoisotopic (exact) mass is 827 g/mol. The number of rotatable bonds is 8. The number of benzene rings is 10. The van der Waals surface area contributed by atoms with E-state index < -0.39 is 5.41 Å². The normalized spacial score (nSPS) is 11.7. The molecule has 0 radical (unpaired) electrons. The minimum absolute atomic E-state index is 0.597. The van der Waals surface area contributed by atoms with Gasteiger partial charge in [-0.05, 0) is 117 Å². The molecule has 0 saturated carbocycles. The smallest absolute Gasteiger partial charge is 0.0992 e. The number of hydrogen-bond acceptors (Lipinski definition) is 1. The van der Waals surface area contributed by atoms with Crippen molar-refractivity contribution in [1.29, 1.82) is 5.26 Å². The van der Waals surface area contributed by atoms with Crippen LogP contribution in [0.4, 0.5) is 0 Å². The fourth-order valence-corrected chi connectivity index (χ4v) is 10.4. The summed E-state index contributed by atoms with van der Waals surface area (Å²) in [6, 6.07) is 91.9. The third-order valence-electron chi connectivity index (χ3n) is 13.3. The molecule has 0 aliphatic heterocycles. The van der Waals surface area contributed by atoms with Crippen molar-refractivity contribution in [3.8, 4) is 39.7 Å². The maximum absolute atomic E-state index is 9.96. The summed E-state index contributed by atoms with van der Waals surface area (Å²) in [5, 5.41) is 14.7. The van der Waals surface area contributed by atoms with Crippen molar-refractivity contribution < 1.29 is 0 Å². The molecule has 0 bridgehead atoms. The first kappa shape index (κ1) is 38.0. The van der Waals surface area contributed by atoms with Crippen LogP contribution in [-0.4, -0.2) is 9.13 Å².